The Morgan fingerprint density at radius 3 is 2.47 bits per heavy atom. The molecule has 0 aliphatic heterocycles. The average Bonchev–Trinajstić information content (AvgIpc) is 2.95. The molecule has 98 valence electrons. The minimum atomic E-state index is -0.0604. The van der Waals surface area contributed by atoms with Gasteiger partial charge in [0.05, 0.1) is 5.92 Å². The summed E-state index contributed by atoms with van der Waals surface area (Å²) in [6, 6.07) is 0. The first-order chi connectivity index (χ1) is 7.99. The summed E-state index contributed by atoms with van der Waals surface area (Å²) < 4.78 is 5.71. The number of alkyl halides is 1. The number of hydrogen-bond donors (Lipinski definition) is 0. The van der Waals surface area contributed by atoms with Crippen molar-refractivity contribution in [2.45, 2.75) is 57.9 Å². The zero-order valence-corrected chi connectivity index (χ0v) is 11.7. The van der Waals surface area contributed by atoms with E-state index in [0.29, 0.717) is 17.8 Å². The SMILES string of the molecule is CC1CCC(C(C)C)C(OC(=O)C2CC2Cl)C1. The molecular weight excluding hydrogens is 236 g/mol. The zero-order valence-electron chi connectivity index (χ0n) is 11.0. The highest BCUT2D eigenvalue weighted by Gasteiger charge is 2.45. The standard InChI is InChI=1S/C14H23ClO2/c1-8(2)10-5-4-9(3)6-13(10)17-14(16)11-7-12(11)15/h8-13H,4-7H2,1-3H3. The highest BCUT2D eigenvalue weighted by Crippen LogP contribution is 2.40. The van der Waals surface area contributed by atoms with Gasteiger partial charge in [-0.3, -0.25) is 4.79 Å². The Kier molecular flexibility index (Phi) is 4.02. The molecule has 0 aromatic heterocycles. The Morgan fingerprint density at radius 1 is 1.29 bits per heavy atom. The van der Waals surface area contributed by atoms with Crippen LogP contribution in [0.25, 0.3) is 0 Å². The lowest BCUT2D eigenvalue weighted by Gasteiger charge is -2.36. The molecular formula is C14H23ClO2. The Morgan fingerprint density at radius 2 is 1.94 bits per heavy atom. The molecule has 2 aliphatic rings. The Balaban J connectivity index is 1.92. The molecule has 0 amide bonds. The van der Waals surface area contributed by atoms with Gasteiger partial charge in [0.2, 0.25) is 0 Å². The van der Waals surface area contributed by atoms with Crippen molar-refractivity contribution >= 4 is 17.6 Å². The number of carbonyl (C=O) groups excluding carboxylic acids is 1. The van der Waals surface area contributed by atoms with E-state index in [1.54, 1.807) is 0 Å². The van der Waals surface area contributed by atoms with Crippen LogP contribution in [0.3, 0.4) is 0 Å². The van der Waals surface area contributed by atoms with Crippen molar-refractivity contribution in [1.29, 1.82) is 0 Å². The topological polar surface area (TPSA) is 26.3 Å². The summed E-state index contributed by atoms with van der Waals surface area (Å²) in [7, 11) is 0. The third-order valence-electron chi connectivity index (χ3n) is 4.24. The normalized spacial score (nSPS) is 41.4. The van der Waals surface area contributed by atoms with Gasteiger partial charge in [0.15, 0.2) is 0 Å². The van der Waals surface area contributed by atoms with Crippen molar-refractivity contribution in [3.8, 4) is 0 Å². The van der Waals surface area contributed by atoms with Crippen LogP contribution >= 0.6 is 11.6 Å². The van der Waals surface area contributed by atoms with Crippen LogP contribution < -0.4 is 0 Å². The maximum absolute atomic E-state index is 11.9. The number of esters is 1. The van der Waals surface area contributed by atoms with E-state index in [9.17, 15) is 4.79 Å². The zero-order chi connectivity index (χ0) is 12.6. The number of rotatable bonds is 3. The number of carbonyl (C=O) groups is 1. The first-order valence-electron chi connectivity index (χ1n) is 6.83. The van der Waals surface area contributed by atoms with Crippen molar-refractivity contribution < 1.29 is 9.53 Å². The molecule has 0 aromatic carbocycles. The summed E-state index contributed by atoms with van der Waals surface area (Å²) in [4.78, 5) is 11.9. The van der Waals surface area contributed by atoms with Gasteiger partial charge in [-0.15, -0.1) is 11.6 Å². The van der Waals surface area contributed by atoms with Gasteiger partial charge in [0, 0.05) is 5.38 Å². The van der Waals surface area contributed by atoms with Gasteiger partial charge in [0.25, 0.3) is 0 Å². The van der Waals surface area contributed by atoms with Gasteiger partial charge in [-0.1, -0.05) is 27.2 Å². The lowest BCUT2D eigenvalue weighted by atomic mass is 9.75. The number of hydrogen-bond acceptors (Lipinski definition) is 2. The molecule has 5 atom stereocenters. The smallest absolute Gasteiger partial charge is 0.310 e. The first-order valence-corrected chi connectivity index (χ1v) is 7.27. The summed E-state index contributed by atoms with van der Waals surface area (Å²) in [5, 5.41) is 0.0287. The van der Waals surface area contributed by atoms with E-state index >= 15 is 0 Å². The van der Waals surface area contributed by atoms with E-state index < -0.39 is 0 Å². The van der Waals surface area contributed by atoms with Crippen LogP contribution in [0.1, 0.15) is 46.5 Å². The fourth-order valence-corrected chi connectivity index (χ4v) is 3.19. The van der Waals surface area contributed by atoms with E-state index in [2.05, 4.69) is 20.8 Å². The Hall–Kier alpha value is -0.240. The highest BCUT2D eigenvalue weighted by molar-refractivity contribution is 6.24. The second-order valence-corrected chi connectivity index (χ2v) is 6.72. The molecule has 0 saturated heterocycles. The van der Waals surface area contributed by atoms with Gasteiger partial charge in [-0.05, 0) is 37.0 Å². The van der Waals surface area contributed by atoms with Crippen LogP contribution in [0, 0.1) is 23.7 Å². The molecule has 5 unspecified atom stereocenters. The average molecular weight is 259 g/mol. The first kappa shape index (κ1) is 13.2. The minimum Gasteiger partial charge on any atom is -0.462 e. The van der Waals surface area contributed by atoms with Crippen LogP contribution in [-0.4, -0.2) is 17.5 Å². The molecule has 2 aliphatic carbocycles. The van der Waals surface area contributed by atoms with Crippen LogP contribution in [0.5, 0.6) is 0 Å². The van der Waals surface area contributed by atoms with Crippen molar-refractivity contribution in [2.75, 3.05) is 0 Å². The minimum absolute atomic E-state index is 0.0262. The molecule has 0 radical (unpaired) electrons. The second kappa shape index (κ2) is 5.17. The predicted octanol–water partition coefficient (Wildman–Crippen LogP) is 3.62. The molecule has 2 nitrogen and oxygen atoms in total. The number of ether oxygens (including phenoxy) is 1. The third-order valence-corrected chi connectivity index (χ3v) is 4.73. The van der Waals surface area contributed by atoms with Gasteiger partial charge in [-0.25, -0.2) is 0 Å². The van der Waals surface area contributed by atoms with Gasteiger partial charge < -0.3 is 4.74 Å². The van der Waals surface area contributed by atoms with Crippen LogP contribution in [0.2, 0.25) is 0 Å². The quantitative estimate of drug-likeness (QED) is 0.571. The summed E-state index contributed by atoms with van der Waals surface area (Å²) in [6.07, 6.45) is 4.39. The summed E-state index contributed by atoms with van der Waals surface area (Å²) in [5.74, 6) is 1.71. The summed E-state index contributed by atoms with van der Waals surface area (Å²) >= 11 is 5.89. The molecule has 0 spiro atoms. The fourth-order valence-electron chi connectivity index (χ4n) is 2.89. The maximum Gasteiger partial charge on any atom is 0.310 e. The predicted molar refractivity (Wildman–Crippen MR) is 69.0 cm³/mol. The highest BCUT2D eigenvalue weighted by atomic mass is 35.5. The maximum atomic E-state index is 11.9. The van der Waals surface area contributed by atoms with Gasteiger partial charge in [-0.2, -0.15) is 0 Å². The van der Waals surface area contributed by atoms with Crippen molar-refractivity contribution in [3.63, 3.8) is 0 Å². The van der Waals surface area contributed by atoms with E-state index in [4.69, 9.17) is 16.3 Å². The van der Waals surface area contributed by atoms with E-state index in [-0.39, 0.29) is 23.4 Å². The van der Waals surface area contributed by atoms with Gasteiger partial charge >= 0.3 is 5.97 Å². The van der Waals surface area contributed by atoms with Crippen molar-refractivity contribution in [2.24, 2.45) is 23.7 Å². The van der Waals surface area contributed by atoms with Gasteiger partial charge in [0.1, 0.15) is 6.10 Å². The van der Waals surface area contributed by atoms with Crippen molar-refractivity contribution in [3.05, 3.63) is 0 Å². The molecule has 0 heterocycles. The summed E-state index contributed by atoms with van der Waals surface area (Å²) in [5.41, 5.74) is 0. The molecule has 0 N–H and O–H groups in total. The van der Waals surface area contributed by atoms with E-state index in [1.165, 1.54) is 12.8 Å². The molecule has 0 aromatic rings. The molecule has 2 rings (SSSR count). The Bertz CT molecular complexity index is 290. The molecule has 17 heavy (non-hydrogen) atoms. The third kappa shape index (κ3) is 3.15. The molecule has 2 saturated carbocycles. The summed E-state index contributed by atoms with van der Waals surface area (Å²) in [6.45, 7) is 6.70. The monoisotopic (exact) mass is 258 g/mol. The van der Waals surface area contributed by atoms with E-state index in [1.807, 2.05) is 0 Å². The largest absolute Gasteiger partial charge is 0.462 e. The molecule has 2 fully saturated rings. The number of halogens is 1. The van der Waals surface area contributed by atoms with Crippen LogP contribution in [0.15, 0.2) is 0 Å². The second-order valence-electron chi connectivity index (χ2n) is 6.16. The van der Waals surface area contributed by atoms with Crippen molar-refractivity contribution in [1.82, 2.24) is 0 Å². The van der Waals surface area contributed by atoms with Crippen LogP contribution in [0.4, 0.5) is 0 Å². The lowest BCUT2D eigenvalue weighted by Crippen LogP contribution is -2.36. The molecule has 3 heteroatoms. The Labute approximate surface area is 109 Å². The molecule has 0 bridgehead atoms. The van der Waals surface area contributed by atoms with E-state index in [0.717, 1.165) is 12.8 Å². The fraction of sp³-hybridized carbons (Fsp3) is 0.929. The van der Waals surface area contributed by atoms with Crippen LogP contribution in [-0.2, 0) is 9.53 Å². The lowest BCUT2D eigenvalue weighted by molar-refractivity contribution is -0.157.